The van der Waals surface area contributed by atoms with Gasteiger partial charge in [0.2, 0.25) is 0 Å². The smallest absolute Gasteiger partial charge is 0.266 e. The van der Waals surface area contributed by atoms with Gasteiger partial charge in [-0.15, -0.1) is 0 Å². The van der Waals surface area contributed by atoms with E-state index >= 15 is 0 Å². The highest BCUT2D eigenvalue weighted by molar-refractivity contribution is 9.10. The maximum Gasteiger partial charge on any atom is 0.266 e. The highest BCUT2D eigenvalue weighted by Crippen LogP contribution is 2.39. The summed E-state index contributed by atoms with van der Waals surface area (Å²) < 4.78 is 12.9. The summed E-state index contributed by atoms with van der Waals surface area (Å²) in [5.41, 5.74) is 3.12. The van der Waals surface area contributed by atoms with Crippen molar-refractivity contribution in [1.29, 1.82) is 0 Å². The van der Waals surface area contributed by atoms with Gasteiger partial charge in [-0.05, 0) is 59.1 Å². The van der Waals surface area contributed by atoms with Crippen LogP contribution in [0, 0.1) is 6.92 Å². The Balaban J connectivity index is 1.83. The molecule has 1 amide bonds. The second-order valence-electron chi connectivity index (χ2n) is 6.23. The Hall–Kier alpha value is -1.83. The lowest BCUT2D eigenvalue weighted by molar-refractivity contribution is -0.121. The molecule has 7 heteroatoms. The predicted molar refractivity (Wildman–Crippen MR) is 122 cm³/mol. The van der Waals surface area contributed by atoms with E-state index in [1.54, 1.807) is 12.0 Å². The van der Waals surface area contributed by atoms with Crippen LogP contribution in [0.4, 0.5) is 0 Å². The Morgan fingerprint density at radius 1 is 1.25 bits per heavy atom. The first-order valence-electron chi connectivity index (χ1n) is 8.74. The van der Waals surface area contributed by atoms with E-state index in [2.05, 4.69) is 35.0 Å². The van der Waals surface area contributed by atoms with E-state index in [4.69, 9.17) is 21.7 Å². The van der Waals surface area contributed by atoms with E-state index in [9.17, 15) is 4.79 Å². The van der Waals surface area contributed by atoms with Crippen molar-refractivity contribution in [3.05, 3.63) is 62.5 Å². The van der Waals surface area contributed by atoms with Crippen molar-refractivity contribution in [3.63, 3.8) is 0 Å². The highest BCUT2D eigenvalue weighted by atomic mass is 79.9. The van der Waals surface area contributed by atoms with Gasteiger partial charge in [0, 0.05) is 6.54 Å². The van der Waals surface area contributed by atoms with Crippen molar-refractivity contribution in [2.45, 2.75) is 20.5 Å². The number of hydrogen-bond donors (Lipinski definition) is 0. The molecule has 1 aliphatic rings. The van der Waals surface area contributed by atoms with Gasteiger partial charge in [-0.1, -0.05) is 53.8 Å². The zero-order chi connectivity index (χ0) is 20.3. The van der Waals surface area contributed by atoms with Crippen molar-refractivity contribution < 1.29 is 14.3 Å². The number of carbonyl (C=O) groups excluding carboxylic acids is 1. The molecule has 0 atom stereocenters. The lowest BCUT2D eigenvalue weighted by atomic mass is 10.1. The topological polar surface area (TPSA) is 38.8 Å². The molecule has 0 aliphatic carbocycles. The van der Waals surface area contributed by atoms with Gasteiger partial charge in [0.1, 0.15) is 10.9 Å². The van der Waals surface area contributed by atoms with E-state index in [0.717, 1.165) is 15.6 Å². The van der Waals surface area contributed by atoms with Crippen LogP contribution >= 0.6 is 39.9 Å². The molecule has 0 spiro atoms. The van der Waals surface area contributed by atoms with E-state index < -0.39 is 0 Å². The Kier molecular flexibility index (Phi) is 6.80. The summed E-state index contributed by atoms with van der Waals surface area (Å²) in [5.74, 6) is 1.16. The molecular weight excluding hydrogens is 458 g/mol. The fraction of sp³-hybridized carbons (Fsp3) is 0.238. The summed E-state index contributed by atoms with van der Waals surface area (Å²) in [4.78, 5) is 14.6. The fourth-order valence-electron chi connectivity index (χ4n) is 2.73. The number of aryl methyl sites for hydroxylation is 1. The van der Waals surface area contributed by atoms with Gasteiger partial charge in [0.05, 0.1) is 16.5 Å². The van der Waals surface area contributed by atoms with Crippen LogP contribution in [0.5, 0.6) is 11.5 Å². The van der Waals surface area contributed by atoms with Crippen molar-refractivity contribution in [3.8, 4) is 11.5 Å². The second-order valence-corrected chi connectivity index (χ2v) is 8.76. The van der Waals surface area contributed by atoms with Crippen LogP contribution in [0.2, 0.25) is 0 Å². The number of thiocarbonyl (C=S) groups is 1. The largest absolute Gasteiger partial charge is 0.493 e. The number of hydrogen-bond acceptors (Lipinski definition) is 5. The second kappa shape index (κ2) is 9.11. The molecule has 0 aromatic heterocycles. The Bertz CT molecular complexity index is 941. The lowest BCUT2D eigenvalue weighted by Gasteiger charge is -2.14. The molecule has 0 bridgehead atoms. The first-order chi connectivity index (χ1) is 13.4. The third kappa shape index (κ3) is 4.59. The van der Waals surface area contributed by atoms with Crippen LogP contribution in [0.15, 0.2) is 45.8 Å². The highest BCUT2D eigenvalue weighted by Gasteiger charge is 2.30. The number of carbonyl (C=O) groups is 1. The summed E-state index contributed by atoms with van der Waals surface area (Å²) in [7, 11) is 1.60. The number of thioether (sulfide) groups is 1. The molecule has 1 heterocycles. The predicted octanol–water partition coefficient (Wildman–Crippen LogP) is 5.57. The molecule has 28 heavy (non-hydrogen) atoms. The van der Waals surface area contributed by atoms with Crippen LogP contribution in [0.1, 0.15) is 23.6 Å². The molecule has 3 rings (SSSR count). The number of ether oxygens (including phenoxy) is 2. The monoisotopic (exact) mass is 477 g/mol. The molecule has 0 N–H and O–H groups in total. The lowest BCUT2D eigenvalue weighted by Crippen LogP contribution is -2.27. The number of methoxy groups -OCH3 is 1. The van der Waals surface area contributed by atoms with Gasteiger partial charge < -0.3 is 9.47 Å². The van der Waals surface area contributed by atoms with Crippen molar-refractivity contribution in [1.82, 2.24) is 4.90 Å². The minimum atomic E-state index is -0.0627. The van der Waals surface area contributed by atoms with E-state index in [1.165, 1.54) is 17.3 Å². The van der Waals surface area contributed by atoms with Crippen LogP contribution < -0.4 is 9.47 Å². The molecule has 1 saturated heterocycles. The van der Waals surface area contributed by atoms with Crippen molar-refractivity contribution in [2.75, 3.05) is 13.7 Å². The molecule has 2 aromatic carbocycles. The molecular formula is C21H20BrNO3S2. The molecule has 0 saturated carbocycles. The molecule has 1 aliphatic heterocycles. The van der Waals surface area contributed by atoms with Crippen molar-refractivity contribution in [2.24, 2.45) is 0 Å². The number of rotatable bonds is 6. The SMILES string of the molecule is CCN1C(=O)/C(=C\c2cc(Br)c(OCc3ccc(C)cc3)c(OC)c2)SC1=S. The number of benzene rings is 2. The first-order valence-corrected chi connectivity index (χ1v) is 10.8. The Morgan fingerprint density at radius 2 is 1.96 bits per heavy atom. The molecule has 146 valence electrons. The van der Waals surface area contributed by atoms with E-state index in [1.807, 2.05) is 37.3 Å². The van der Waals surface area contributed by atoms with Gasteiger partial charge in [-0.25, -0.2) is 0 Å². The van der Waals surface area contributed by atoms with Crippen LogP contribution in [0.25, 0.3) is 6.08 Å². The third-order valence-electron chi connectivity index (χ3n) is 4.24. The van der Waals surface area contributed by atoms with Crippen molar-refractivity contribution >= 4 is 56.2 Å². The number of nitrogens with zero attached hydrogens (tertiary/aromatic N) is 1. The minimum Gasteiger partial charge on any atom is -0.493 e. The van der Waals surface area contributed by atoms with Gasteiger partial charge in [-0.2, -0.15) is 0 Å². The zero-order valence-electron chi connectivity index (χ0n) is 15.8. The first kappa shape index (κ1) is 20.9. The van der Waals surface area contributed by atoms with Crippen LogP contribution in [0.3, 0.4) is 0 Å². The average molecular weight is 478 g/mol. The maximum absolute atomic E-state index is 12.4. The van der Waals surface area contributed by atoms with E-state index in [-0.39, 0.29) is 5.91 Å². The summed E-state index contributed by atoms with van der Waals surface area (Å²) in [6.07, 6.45) is 1.83. The van der Waals surface area contributed by atoms with Crippen LogP contribution in [-0.2, 0) is 11.4 Å². The zero-order valence-corrected chi connectivity index (χ0v) is 19.0. The van der Waals surface area contributed by atoms with Crippen LogP contribution in [-0.4, -0.2) is 28.8 Å². The standard InChI is InChI=1S/C21H20BrNO3S2/c1-4-23-20(24)18(28-21(23)27)11-15-9-16(22)19(17(10-15)25-3)26-12-14-7-5-13(2)6-8-14/h5-11H,4,12H2,1-3H3/b18-11+. The third-order valence-corrected chi connectivity index (χ3v) is 6.21. The minimum absolute atomic E-state index is 0.0627. The molecule has 4 nitrogen and oxygen atoms in total. The number of likely N-dealkylation sites (N-methyl/N-ethyl adjacent to an activating group) is 1. The number of amides is 1. The maximum atomic E-state index is 12.4. The van der Waals surface area contributed by atoms with Gasteiger partial charge in [0.25, 0.3) is 5.91 Å². The molecule has 0 unspecified atom stereocenters. The quantitative estimate of drug-likeness (QED) is 0.401. The Labute approximate surface area is 183 Å². The molecule has 2 aromatic rings. The van der Waals surface area contributed by atoms with E-state index in [0.29, 0.717) is 33.9 Å². The normalized spacial score (nSPS) is 15.4. The summed E-state index contributed by atoms with van der Waals surface area (Å²) in [6, 6.07) is 12.0. The van der Waals surface area contributed by atoms with Gasteiger partial charge in [-0.3, -0.25) is 9.69 Å². The summed E-state index contributed by atoms with van der Waals surface area (Å²) >= 11 is 10.1. The fourth-order valence-corrected chi connectivity index (χ4v) is 4.69. The van der Waals surface area contributed by atoms with Gasteiger partial charge in [0.15, 0.2) is 11.5 Å². The Morgan fingerprint density at radius 3 is 2.57 bits per heavy atom. The molecule has 1 fully saturated rings. The van der Waals surface area contributed by atoms with Gasteiger partial charge >= 0.3 is 0 Å². The average Bonchev–Trinajstić information content (AvgIpc) is 2.94. The summed E-state index contributed by atoms with van der Waals surface area (Å²) in [6.45, 7) is 4.97. The number of halogens is 1. The molecule has 0 radical (unpaired) electrons. The summed E-state index contributed by atoms with van der Waals surface area (Å²) in [5, 5.41) is 0.